The molecule has 0 aliphatic rings. The van der Waals surface area contributed by atoms with Gasteiger partial charge in [0.25, 0.3) is 0 Å². The van der Waals surface area contributed by atoms with Gasteiger partial charge in [-0.2, -0.15) is 0 Å². The van der Waals surface area contributed by atoms with Gasteiger partial charge in [-0.3, -0.25) is 0 Å². The van der Waals surface area contributed by atoms with Gasteiger partial charge in [0.05, 0.1) is 0 Å². The van der Waals surface area contributed by atoms with Crippen molar-refractivity contribution in [2.75, 3.05) is 25.9 Å². The second-order valence-corrected chi connectivity index (χ2v) is 6.52. The van der Waals surface area contributed by atoms with Gasteiger partial charge in [0.2, 0.25) is 0 Å². The molecule has 4 nitrogen and oxygen atoms in total. The predicted octanol–water partition coefficient (Wildman–Crippen LogP) is 2.37. The molecule has 1 aromatic carbocycles. The minimum atomic E-state index is -0.512. The molecule has 0 spiro atoms. The van der Waals surface area contributed by atoms with Crippen LogP contribution in [0.4, 0.5) is 5.69 Å². The number of nitrogens with zero attached hydrogens (tertiary/aromatic N) is 1. The van der Waals surface area contributed by atoms with Gasteiger partial charge in [0.1, 0.15) is 18.5 Å². The van der Waals surface area contributed by atoms with Crippen molar-refractivity contribution in [1.29, 1.82) is 0 Å². The molecule has 2 unspecified atom stereocenters. The van der Waals surface area contributed by atoms with Crippen LogP contribution in [0.25, 0.3) is 0 Å². The maximum Gasteiger partial charge on any atom is 0.119 e. The molecular formula is C16H28N2O2. The number of benzene rings is 1. The lowest BCUT2D eigenvalue weighted by atomic mass is 9.87. The zero-order valence-electron chi connectivity index (χ0n) is 13.3. The summed E-state index contributed by atoms with van der Waals surface area (Å²) < 4.78 is 5.56. The van der Waals surface area contributed by atoms with Crippen LogP contribution in [0, 0.1) is 5.41 Å². The van der Waals surface area contributed by atoms with Crippen molar-refractivity contribution in [3.8, 4) is 5.75 Å². The van der Waals surface area contributed by atoms with Crippen LogP contribution >= 0.6 is 0 Å². The van der Waals surface area contributed by atoms with Crippen LogP contribution in [0.15, 0.2) is 24.3 Å². The van der Waals surface area contributed by atoms with Crippen LogP contribution in [-0.4, -0.2) is 42.4 Å². The number of likely N-dealkylation sites (N-methyl/N-ethyl adjacent to an activating group) is 1. The Balaban J connectivity index is 2.40. The first-order valence-corrected chi connectivity index (χ1v) is 7.07. The lowest BCUT2D eigenvalue weighted by Crippen LogP contribution is -2.44. The third-order valence-electron chi connectivity index (χ3n) is 3.74. The van der Waals surface area contributed by atoms with Gasteiger partial charge in [-0.25, -0.2) is 0 Å². The normalized spacial score (nSPS) is 15.2. The average Bonchev–Trinajstić information content (AvgIpc) is 2.36. The van der Waals surface area contributed by atoms with Gasteiger partial charge < -0.3 is 20.5 Å². The first kappa shape index (κ1) is 16.8. The molecule has 20 heavy (non-hydrogen) atoms. The Labute approximate surface area is 122 Å². The van der Waals surface area contributed by atoms with E-state index in [0.717, 1.165) is 5.75 Å². The zero-order valence-corrected chi connectivity index (χ0v) is 13.3. The molecule has 0 aromatic heterocycles. The molecular weight excluding hydrogens is 252 g/mol. The lowest BCUT2D eigenvalue weighted by Gasteiger charge is -2.36. The second-order valence-electron chi connectivity index (χ2n) is 6.52. The fourth-order valence-corrected chi connectivity index (χ4v) is 1.96. The Kier molecular flexibility index (Phi) is 5.84. The standard InChI is InChI=1S/C16H28N2O2/c1-12(16(2,3)4)18(5)10-14(19)11-20-15-8-6-13(17)7-9-15/h6-9,12,14,19H,10-11,17H2,1-5H3. The summed E-state index contributed by atoms with van der Waals surface area (Å²) >= 11 is 0. The maximum absolute atomic E-state index is 10.1. The largest absolute Gasteiger partial charge is 0.491 e. The molecule has 0 aliphatic carbocycles. The SMILES string of the molecule is CC(N(C)CC(O)COc1ccc(N)cc1)C(C)(C)C. The summed E-state index contributed by atoms with van der Waals surface area (Å²) in [7, 11) is 2.03. The number of ether oxygens (including phenoxy) is 1. The van der Waals surface area contributed by atoms with Crippen LogP contribution in [0.5, 0.6) is 5.75 Å². The second kappa shape index (κ2) is 6.95. The first-order chi connectivity index (χ1) is 9.20. The minimum Gasteiger partial charge on any atom is -0.491 e. The quantitative estimate of drug-likeness (QED) is 0.786. The topological polar surface area (TPSA) is 58.7 Å². The Hall–Kier alpha value is -1.26. The Morgan fingerprint density at radius 3 is 2.30 bits per heavy atom. The number of nitrogens with two attached hydrogens (primary N) is 1. The van der Waals surface area contributed by atoms with E-state index >= 15 is 0 Å². The van der Waals surface area contributed by atoms with Gasteiger partial charge in [-0.05, 0) is 43.7 Å². The highest BCUT2D eigenvalue weighted by Gasteiger charge is 2.25. The zero-order chi connectivity index (χ0) is 15.3. The van der Waals surface area contributed by atoms with Gasteiger partial charge in [-0.15, -0.1) is 0 Å². The predicted molar refractivity (Wildman–Crippen MR) is 83.9 cm³/mol. The van der Waals surface area contributed by atoms with Crippen molar-refractivity contribution in [2.24, 2.45) is 5.41 Å². The number of hydrogen-bond donors (Lipinski definition) is 2. The molecule has 0 amide bonds. The van der Waals surface area contributed by atoms with E-state index in [9.17, 15) is 5.11 Å². The molecule has 1 rings (SSSR count). The van der Waals surface area contributed by atoms with E-state index in [0.29, 0.717) is 18.3 Å². The number of nitrogen functional groups attached to an aromatic ring is 1. The third-order valence-corrected chi connectivity index (χ3v) is 3.74. The van der Waals surface area contributed by atoms with Crippen molar-refractivity contribution < 1.29 is 9.84 Å². The Morgan fingerprint density at radius 1 is 1.25 bits per heavy atom. The minimum absolute atomic E-state index is 0.187. The molecule has 2 atom stereocenters. The number of aliphatic hydroxyl groups excluding tert-OH is 1. The van der Waals surface area contributed by atoms with Crippen LogP contribution in [0.3, 0.4) is 0 Å². The van der Waals surface area contributed by atoms with E-state index < -0.39 is 6.10 Å². The fourth-order valence-electron chi connectivity index (χ4n) is 1.96. The number of hydrogen-bond acceptors (Lipinski definition) is 4. The maximum atomic E-state index is 10.1. The molecule has 1 aromatic rings. The molecule has 0 fully saturated rings. The summed E-state index contributed by atoms with van der Waals surface area (Å²) in [4.78, 5) is 2.16. The molecule has 0 aliphatic heterocycles. The monoisotopic (exact) mass is 280 g/mol. The molecule has 114 valence electrons. The molecule has 0 saturated carbocycles. The summed E-state index contributed by atoms with van der Waals surface area (Å²) in [5.74, 6) is 0.727. The van der Waals surface area contributed by atoms with Crippen molar-refractivity contribution >= 4 is 5.69 Å². The number of rotatable bonds is 6. The van der Waals surface area contributed by atoms with Crippen LogP contribution < -0.4 is 10.5 Å². The fraction of sp³-hybridized carbons (Fsp3) is 0.625. The molecule has 3 N–H and O–H groups in total. The number of anilines is 1. The van der Waals surface area contributed by atoms with E-state index in [-0.39, 0.29) is 12.0 Å². The van der Waals surface area contributed by atoms with Gasteiger partial charge in [0.15, 0.2) is 0 Å². The summed E-state index contributed by atoms with van der Waals surface area (Å²) in [6, 6.07) is 7.58. The van der Waals surface area contributed by atoms with Crippen molar-refractivity contribution in [3.05, 3.63) is 24.3 Å². The molecule has 0 radical (unpaired) electrons. The van der Waals surface area contributed by atoms with Gasteiger partial charge in [-0.1, -0.05) is 20.8 Å². The third kappa shape index (κ3) is 5.39. The summed E-state index contributed by atoms with van der Waals surface area (Å²) in [5.41, 5.74) is 6.50. The molecule has 0 saturated heterocycles. The smallest absolute Gasteiger partial charge is 0.119 e. The van der Waals surface area contributed by atoms with E-state index in [4.69, 9.17) is 10.5 Å². The summed E-state index contributed by atoms with van der Waals surface area (Å²) in [6.07, 6.45) is -0.512. The van der Waals surface area contributed by atoms with Crippen molar-refractivity contribution in [3.63, 3.8) is 0 Å². The van der Waals surface area contributed by atoms with Gasteiger partial charge in [0, 0.05) is 18.3 Å². The first-order valence-electron chi connectivity index (χ1n) is 7.07. The van der Waals surface area contributed by atoms with E-state index in [1.165, 1.54) is 0 Å². The van der Waals surface area contributed by atoms with Crippen LogP contribution in [0.1, 0.15) is 27.7 Å². The van der Waals surface area contributed by atoms with Gasteiger partial charge >= 0.3 is 0 Å². The average molecular weight is 280 g/mol. The van der Waals surface area contributed by atoms with Crippen molar-refractivity contribution in [1.82, 2.24) is 4.90 Å². The van der Waals surface area contributed by atoms with E-state index in [1.807, 2.05) is 19.2 Å². The van der Waals surface area contributed by atoms with E-state index in [1.54, 1.807) is 12.1 Å². The van der Waals surface area contributed by atoms with Crippen molar-refractivity contribution in [2.45, 2.75) is 39.8 Å². The summed E-state index contributed by atoms with van der Waals surface area (Å²) in [6.45, 7) is 9.65. The highest BCUT2D eigenvalue weighted by molar-refractivity contribution is 5.41. The summed E-state index contributed by atoms with van der Waals surface area (Å²) in [5, 5.41) is 10.1. The van der Waals surface area contributed by atoms with Crippen LogP contribution in [0.2, 0.25) is 0 Å². The molecule has 0 heterocycles. The number of aliphatic hydroxyl groups is 1. The highest BCUT2D eigenvalue weighted by Crippen LogP contribution is 2.23. The Morgan fingerprint density at radius 2 is 1.80 bits per heavy atom. The lowest BCUT2D eigenvalue weighted by molar-refractivity contribution is 0.0442. The highest BCUT2D eigenvalue weighted by atomic mass is 16.5. The van der Waals surface area contributed by atoms with Crippen LogP contribution in [-0.2, 0) is 0 Å². The molecule has 4 heteroatoms. The van der Waals surface area contributed by atoms with E-state index in [2.05, 4.69) is 32.6 Å². The molecule has 0 bridgehead atoms. The Bertz CT molecular complexity index is 398.